The minimum Gasteiger partial charge on any atom is -0.495 e. The van der Waals surface area contributed by atoms with E-state index in [9.17, 15) is 0 Å². The van der Waals surface area contributed by atoms with E-state index in [4.69, 9.17) is 31.2 Å². The summed E-state index contributed by atoms with van der Waals surface area (Å²) in [6, 6.07) is 11.0. The van der Waals surface area contributed by atoms with Crippen LogP contribution in [0, 0.1) is 0 Å². The fraction of sp³-hybridized carbons (Fsp3) is 0.222. The summed E-state index contributed by atoms with van der Waals surface area (Å²) in [7, 11) is 6.26. The number of nitrogens with one attached hydrogen (secondary N) is 2. The van der Waals surface area contributed by atoms with Crippen LogP contribution in [0.25, 0.3) is 0 Å². The Bertz CT molecular complexity index is 796. The molecule has 0 aliphatic heterocycles. The van der Waals surface area contributed by atoms with E-state index in [1.807, 2.05) is 30.3 Å². The van der Waals surface area contributed by atoms with E-state index >= 15 is 0 Å². The van der Waals surface area contributed by atoms with Crippen LogP contribution in [0.3, 0.4) is 0 Å². The molecule has 2 N–H and O–H groups in total. The number of benzene rings is 2. The molecule has 0 aliphatic rings. The standard InChI is InChI=1S/C18H21N3O4S/c1-22-14-8-6-5-7-13(14)20-18(26)21-19-11-12-9-10-15(23-2)17(25-4)16(12)24-3/h5-11H,1-4H3,(H2,20,21,26)/b19-11+. The van der Waals surface area contributed by atoms with Crippen molar-refractivity contribution >= 4 is 29.2 Å². The molecule has 0 bridgehead atoms. The van der Waals surface area contributed by atoms with Gasteiger partial charge in [0.05, 0.1) is 40.3 Å². The molecule has 0 aliphatic carbocycles. The summed E-state index contributed by atoms with van der Waals surface area (Å²) in [5, 5.41) is 7.48. The minimum atomic E-state index is 0.324. The zero-order valence-electron chi connectivity index (χ0n) is 15.0. The Kier molecular flexibility index (Phi) is 7.04. The molecule has 2 aromatic rings. The van der Waals surface area contributed by atoms with Crippen LogP contribution in [0.15, 0.2) is 41.5 Å². The highest BCUT2D eigenvalue weighted by atomic mass is 32.1. The van der Waals surface area contributed by atoms with Crippen LogP contribution in [0.2, 0.25) is 0 Å². The highest BCUT2D eigenvalue weighted by molar-refractivity contribution is 7.80. The molecule has 0 radical (unpaired) electrons. The molecule has 0 aromatic heterocycles. The maximum absolute atomic E-state index is 5.40. The van der Waals surface area contributed by atoms with Crippen molar-refractivity contribution in [1.29, 1.82) is 0 Å². The number of rotatable bonds is 7. The normalized spacial score (nSPS) is 10.3. The van der Waals surface area contributed by atoms with Gasteiger partial charge in [-0.2, -0.15) is 5.10 Å². The van der Waals surface area contributed by atoms with Crippen molar-refractivity contribution in [3.63, 3.8) is 0 Å². The van der Waals surface area contributed by atoms with Gasteiger partial charge < -0.3 is 24.3 Å². The molecule has 26 heavy (non-hydrogen) atoms. The molecule has 8 heteroatoms. The molecule has 0 saturated carbocycles. The van der Waals surface area contributed by atoms with Gasteiger partial charge in [0.25, 0.3) is 0 Å². The largest absolute Gasteiger partial charge is 0.495 e. The first-order valence-electron chi connectivity index (χ1n) is 7.66. The second-order valence-electron chi connectivity index (χ2n) is 4.95. The van der Waals surface area contributed by atoms with Gasteiger partial charge >= 0.3 is 0 Å². The van der Waals surface area contributed by atoms with Crippen LogP contribution < -0.4 is 29.7 Å². The Morgan fingerprint density at radius 1 is 0.885 bits per heavy atom. The lowest BCUT2D eigenvalue weighted by Crippen LogP contribution is -2.24. The first kappa shape index (κ1) is 19.3. The third kappa shape index (κ3) is 4.54. The third-order valence-corrected chi connectivity index (χ3v) is 3.65. The molecule has 0 unspecified atom stereocenters. The molecule has 138 valence electrons. The molecular weight excluding hydrogens is 354 g/mol. The highest BCUT2D eigenvalue weighted by Gasteiger charge is 2.14. The Hall–Kier alpha value is -3.00. The molecule has 0 heterocycles. The average molecular weight is 375 g/mol. The first-order chi connectivity index (χ1) is 12.6. The van der Waals surface area contributed by atoms with Gasteiger partial charge in [-0.15, -0.1) is 0 Å². The van der Waals surface area contributed by atoms with Crippen molar-refractivity contribution in [3.8, 4) is 23.0 Å². The van der Waals surface area contributed by atoms with Crippen LogP contribution in [0.4, 0.5) is 5.69 Å². The Balaban J connectivity index is 2.09. The van der Waals surface area contributed by atoms with Crippen molar-refractivity contribution in [2.45, 2.75) is 0 Å². The maximum atomic E-state index is 5.40. The van der Waals surface area contributed by atoms with E-state index in [-0.39, 0.29) is 0 Å². The van der Waals surface area contributed by atoms with E-state index < -0.39 is 0 Å². The number of hydrogen-bond acceptors (Lipinski definition) is 6. The van der Waals surface area contributed by atoms with E-state index in [2.05, 4.69) is 15.8 Å². The molecule has 0 amide bonds. The van der Waals surface area contributed by atoms with Gasteiger partial charge in [-0.25, -0.2) is 0 Å². The number of ether oxygens (including phenoxy) is 4. The molecule has 2 rings (SSSR count). The molecule has 2 aromatic carbocycles. The summed E-state index contributed by atoms with van der Waals surface area (Å²) >= 11 is 5.24. The predicted molar refractivity (Wildman–Crippen MR) is 106 cm³/mol. The number of anilines is 1. The third-order valence-electron chi connectivity index (χ3n) is 3.46. The lowest BCUT2D eigenvalue weighted by atomic mass is 10.2. The van der Waals surface area contributed by atoms with E-state index in [0.717, 1.165) is 5.69 Å². The van der Waals surface area contributed by atoms with E-state index in [1.54, 1.807) is 40.7 Å². The average Bonchev–Trinajstić information content (AvgIpc) is 2.67. The van der Waals surface area contributed by atoms with Gasteiger partial charge in [-0.05, 0) is 36.5 Å². The zero-order valence-corrected chi connectivity index (χ0v) is 15.8. The Morgan fingerprint density at radius 2 is 1.58 bits per heavy atom. The minimum absolute atomic E-state index is 0.324. The SMILES string of the molecule is COc1ccccc1NC(=S)N/N=C/c1ccc(OC)c(OC)c1OC. The summed E-state index contributed by atoms with van der Waals surface area (Å²) in [5.74, 6) is 2.26. The summed E-state index contributed by atoms with van der Waals surface area (Å²) in [6.45, 7) is 0. The second-order valence-corrected chi connectivity index (χ2v) is 5.36. The van der Waals surface area contributed by atoms with Crippen LogP contribution in [-0.2, 0) is 0 Å². The topological polar surface area (TPSA) is 73.3 Å². The van der Waals surface area contributed by atoms with Crippen LogP contribution in [-0.4, -0.2) is 39.8 Å². The van der Waals surface area contributed by atoms with Gasteiger partial charge in [0.2, 0.25) is 5.75 Å². The van der Waals surface area contributed by atoms with Crippen LogP contribution >= 0.6 is 12.2 Å². The fourth-order valence-corrected chi connectivity index (χ4v) is 2.45. The number of hydrogen-bond donors (Lipinski definition) is 2. The maximum Gasteiger partial charge on any atom is 0.203 e. The van der Waals surface area contributed by atoms with Crippen molar-refractivity contribution in [2.75, 3.05) is 33.8 Å². The van der Waals surface area contributed by atoms with Crippen LogP contribution in [0.1, 0.15) is 5.56 Å². The van der Waals surface area contributed by atoms with Crippen molar-refractivity contribution < 1.29 is 18.9 Å². The molecular formula is C18H21N3O4S. The molecule has 0 atom stereocenters. The number of para-hydroxylation sites is 2. The van der Waals surface area contributed by atoms with Crippen molar-refractivity contribution in [2.24, 2.45) is 5.10 Å². The second kappa shape index (κ2) is 9.47. The summed E-state index contributed by atoms with van der Waals surface area (Å²) < 4.78 is 21.3. The smallest absolute Gasteiger partial charge is 0.203 e. The highest BCUT2D eigenvalue weighted by Crippen LogP contribution is 2.38. The fourth-order valence-electron chi connectivity index (χ4n) is 2.28. The van der Waals surface area contributed by atoms with Gasteiger partial charge in [-0.1, -0.05) is 12.1 Å². The molecule has 0 spiro atoms. The molecule has 7 nitrogen and oxygen atoms in total. The first-order valence-corrected chi connectivity index (χ1v) is 8.07. The predicted octanol–water partition coefficient (Wildman–Crippen LogP) is 3.04. The van der Waals surface area contributed by atoms with E-state index in [1.165, 1.54) is 0 Å². The number of methoxy groups -OCH3 is 4. The summed E-state index contributed by atoms with van der Waals surface area (Å²) in [6.07, 6.45) is 1.58. The quantitative estimate of drug-likeness (QED) is 0.438. The number of nitrogens with zero attached hydrogens (tertiary/aromatic N) is 1. The molecule has 0 saturated heterocycles. The van der Waals surface area contributed by atoms with Crippen molar-refractivity contribution in [3.05, 3.63) is 42.0 Å². The lowest BCUT2D eigenvalue weighted by molar-refractivity contribution is 0.324. The lowest BCUT2D eigenvalue weighted by Gasteiger charge is -2.14. The van der Waals surface area contributed by atoms with E-state index in [0.29, 0.717) is 33.7 Å². The van der Waals surface area contributed by atoms with Gasteiger partial charge in [-0.3, -0.25) is 5.43 Å². The number of hydrazone groups is 1. The molecule has 0 fully saturated rings. The Labute approximate surface area is 157 Å². The van der Waals surface area contributed by atoms with Gasteiger partial charge in [0.1, 0.15) is 5.75 Å². The van der Waals surface area contributed by atoms with Gasteiger partial charge in [0, 0.05) is 5.56 Å². The van der Waals surface area contributed by atoms with Gasteiger partial charge in [0.15, 0.2) is 16.6 Å². The van der Waals surface area contributed by atoms with Crippen LogP contribution in [0.5, 0.6) is 23.0 Å². The number of thiocarbonyl (C=S) groups is 1. The summed E-state index contributed by atoms with van der Waals surface area (Å²) in [5.41, 5.74) is 4.20. The van der Waals surface area contributed by atoms with Crippen molar-refractivity contribution in [1.82, 2.24) is 5.43 Å². The Morgan fingerprint density at radius 3 is 2.23 bits per heavy atom. The zero-order chi connectivity index (χ0) is 18.9. The monoisotopic (exact) mass is 375 g/mol. The summed E-state index contributed by atoms with van der Waals surface area (Å²) in [4.78, 5) is 0.